The van der Waals surface area contributed by atoms with Crippen LogP contribution in [-0.4, -0.2) is 18.5 Å². The van der Waals surface area contributed by atoms with Crippen LogP contribution < -0.4 is 5.32 Å². The molecule has 2 rings (SSSR count). The lowest BCUT2D eigenvalue weighted by Gasteiger charge is -2.15. The molecule has 132 valence electrons. The van der Waals surface area contributed by atoms with Crippen molar-refractivity contribution in [3.63, 3.8) is 0 Å². The first-order valence-corrected chi connectivity index (χ1v) is 8.12. The minimum atomic E-state index is -4.69. The van der Waals surface area contributed by atoms with E-state index in [1.807, 2.05) is 10.7 Å². The second-order valence-electron chi connectivity index (χ2n) is 4.71. The highest BCUT2D eigenvalue weighted by Gasteiger charge is 2.34. The molecule has 0 aliphatic heterocycles. The molecule has 0 aliphatic carbocycles. The Kier molecular flexibility index (Phi) is 6.22. The average Bonchev–Trinajstić information content (AvgIpc) is 3.05. The van der Waals surface area contributed by atoms with Gasteiger partial charge in [0, 0.05) is 6.08 Å². The highest BCUT2D eigenvalue weighted by molar-refractivity contribution is 7.08. The summed E-state index contributed by atoms with van der Waals surface area (Å²) >= 11 is 7.16. The van der Waals surface area contributed by atoms with E-state index in [0.717, 1.165) is 23.8 Å². The number of carbonyl (C=O) groups is 2. The molecule has 0 saturated carbocycles. The smallest absolute Gasteiger partial charge is 0.418 e. The Labute approximate surface area is 149 Å². The number of amides is 1. The molecule has 9 heteroatoms. The van der Waals surface area contributed by atoms with Gasteiger partial charge in [-0.05, 0) is 40.6 Å². The minimum absolute atomic E-state index is 0.271. The van der Waals surface area contributed by atoms with Crippen molar-refractivity contribution in [3.8, 4) is 0 Å². The lowest BCUT2D eigenvalue weighted by molar-refractivity contribution is -0.142. The summed E-state index contributed by atoms with van der Waals surface area (Å²) in [5, 5.41) is 5.37. The van der Waals surface area contributed by atoms with Crippen molar-refractivity contribution >= 4 is 46.6 Å². The predicted molar refractivity (Wildman–Crippen MR) is 89.4 cm³/mol. The Balaban J connectivity index is 1.96. The maximum Gasteiger partial charge on any atom is 0.418 e. The van der Waals surface area contributed by atoms with Crippen LogP contribution in [0, 0.1) is 0 Å². The van der Waals surface area contributed by atoms with Crippen molar-refractivity contribution in [2.24, 2.45) is 0 Å². The minimum Gasteiger partial charge on any atom is -0.452 e. The SMILES string of the molecule is O=C(COC(=O)/C=C/c1ccsc1)Nc1c(Cl)cccc1C(F)(F)F. The molecule has 1 amide bonds. The first kappa shape index (κ1) is 19.0. The van der Waals surface area contributed by atoms with Crippen LogP contribution >= 0.6 is 22.9 Å². The Bertz CT molecular complexity index is 788. The maximum absolute atomic E-state index is 12.9. The number of thiophene rings is 1. The molecule has 0 aliphatic rings. The van der Waals surface area contributed by atoms with E-state index in [0.29, 0.717) is 0 Å². The van der Waals surface area contributed by atoms with Gasteiger partial charge in [0.2, 0.25) is 0 Å². The third-order valence-corrected chi connectivity index (χ3v) is 3.90. The summed E-state index contributed by atoms with van der Waals surface area (Å²) < 4.78 is 43.5. The fraction of sp³-hybridized carbons (Fsp3) is 0.125. The van der Waals surface area contributed by atoms with E-state index in [1.165, 1.54) is 23.5 Å². The molecule has 1 heterocycles. The Morgan fingerprint density at radius 2 is 2.04 bits per heavy atom. The van der Waals surface area contributed by atoms with Crippen LogP contribution in [0.1, 0.15) is 11.1 Å². The molecule has 4 nitrogen and oxygen atoms in total. The second kappa shape index (κ2) is 8.17. The van der Waals surface area contributed by atoms with Crippen LogP contribution in [-0.2, 0) is 20.5 Å². The lowest BCUT2D eigenvalue weighted by atomic mass is 10.1. The number of halogens is 4. The molecule has 1 aromatic carbocycles. The molecule has 0 spiro atoms. The van der Waals surface area contributed by atoms with Crippen molar-refractivity contribution in [1.82, 2.24) is 0 Å². The molecule has 1 aromatic heterocycles. The molecule has 0 unspecified atom stereocenters. The number of hydrogen-bond acceptors (Lipinski definition) is 4. The van der Waals surface area contributed by atoms with Gasteiger partial charge in [0.1, 0.15) is 0 Å². The zero-order valence-corrected chi connectivity index (χ0v) is 14.0. The number of anilines is 1. The molecule has 25 heavy (non-hydrogen) atoms. The van der Waals surface area contributed by atoms with Crippen molar-refractivity contribution < 1.29 is 27.5 Å². The number of rotatable bonds is 5. The van der Waals surface area contributed by atoms with Crippen molar-refractivity contribution in [2.45, 2.75) is 6.18 Å². The number of benzene rings is 1. The van der Waals surface area contributed by atoms with Gasteiger partial charge in [-0.25, -0.2) is 4.79 Å². The van der Waals surface area contributed by atoms with Gasteiger partial charge in [-0.2, -0.15) is 24.5 Å². The van der Waals surface area contributed by atoms with Crippen molar-refractivity contribution in [3.05, 3.63) is 57.3 Å². The summed E-state index contributed by atoms with van der Waals surface area (Å²) in [5.74, 6) is -1.73. The van der Waals surface area contributed by atoms with E-state index >= 15 is 0 Å². The summed E-state index contributed by atoms with van der Waals surface area (Å²) in [6.45, 7) is -0.741. The van der Waals surface area contributed by atoms with Gasteiger partial charge >= 0.3 is 12.1 Å². The van der Waals surface area contributed by atoms with Crippen LogP contribution in [0.2, 0.25) is 5.02 Å². The molecule has 0 atom stereocenters. The topological polar surface area (TPSA) is 55.4 Å². The van der Waals surface area contributed by atoms with Crippen molar-refractivity contribution in [1.29, 1.82) is 0 Å². The van der Waals surface area contributed by atoms with Crippen LogP contribution in [0.4, 0.5) is 18.9 Å². The van der Waals surface area contributed by atoms with Gasteiger partial charge < -0.3 is 10.1 Å². The van der Waals surface area contributed by atoms with Crippen molar-refractivity contribution in [2.75, 3.05) is 11.9 Å². The average molecular weight is 390 g/mol. The lowest BCUT2D eigenvalue weighted by Crippen LogP contribution is -2.22. The van der Waals surface area contributed by atoms with Gasteiger partial charge in [0.15, 0.2) is 6.61 Å². The molecule has 0 fully saturated rings. The predicted octanol–water partition coefficient (Wildman–Crippen LogP) is 4.62. The fourth-order valence-corrected chi connectivity index (χ4v) is 2.63. The van der Waals surface area contributed by atoms with E-state index in [2.05, 4.69) is 4.74 Å². The third kappa shape index (κ3) is 5.61. The first-order chi connectivity index (χ1) is 11.8. The number of nitrogens with one attached hydrogen (secondary N) is 1. The number of esters is 1. The van der Waals surface area contributed by atoms with E-state index in [-0.39, 0.29) is 5.02 Å². The molecule has 2 aromatic rings. The Morgan fingerprint density at radius 3 is 2.68 bits per heavy atom. The van der Waals surface area contributed by atoms with Crippen LogP contribution in [0.15, 0.2) is 41.1 Å². The van der Waals surface area contributed by atoms with Gasteiger partial charge in [0.05, 0.1) is 16.3 Å². The summed E-state index contributed by atoms with van der Waals surface area (Å²) in [7, 11) is 0. The molecular formula is C16H11ClF3NO3S. The van der Waals surface area contributed by atoms with Gasteiger partial charge in [-0.15, -0.1) is 0 Å². The fourth-order valence-electron chi connectivity index (χ4n) is 1.78. The summed E-state index contributed by atoms with van der Waals surface area (Å²) in [5.41, 5.74) is -0.874. The summed E-state index contributed by atoms with van der Waals surface area (Å²) in [4.78, 5) is 23.2. The Hall–Kier alpha value is -2.32. The molecule has 0 radical (unpaired) electrons. The van der Waals surface area contributed by atoms with Crippen LogP contribution in [0.3, 0.4) is 0 Å². The van der Waals surface area contributed by atoms with Gasteiger partial charge in [-0.1, -0.05) is 17.7 Å². The zero-order valence-electron chi connectivity index (χ0n) is 12.5. The number of alkyl halides is 3. The van der Waals surface area contributed by atoms with E-state index in [4.69, 9.17) is 11.6 Å². The Morgan fingerprint density at radius 1 is 1.28 bits per heavy atom. The maximum atomic E-state index is 12.9. The monoisotopic (exact) mass is 389 g/mol. The largest absolute Gasteiger partial charge is 0.452 e. The van der Waals surface area contributed by atoms with Crippen LogP contribution in [0.5, 0.6) is 0 Å². The van der Waals surface area contributed by atoms with E-state index < -0.39 is 35.9 Å². The number of para-hydroxylation sites is 1. The van der Waals surface area contributed by atoms with Gasteiger partial charge in [-0.3, -0.25) is 4.79 Å². The molecular weight excluding hydrogens is 379 g/mol. The van der Waals surface area contributed by atoms with Gasteiger partial charge in [0.25, 0.3) is 5.91 Å². The quantitative estimate of drug-likeness (QED) is 0.600. The number of carbonyl (C=O) groups excluding carboxylic acids is 2. The highest BCUT2D eigenvalue weighted by Crippen LogP contribution is 2.38. The number of ether oxygens (including phenoxy) is 1. The van der Waals surface area contributed by atoms with E-state index in [1.54, 1.807) is 11.4 Å². The second-order valence-corrected chi connectivity index (χ2v) is 5.89. The van der Waals surface area contributed by atoms with Crippen LogP contribution in [0.25, 0.3) is 6.08 Å². The first-order valence-electron chi connectivity index (χ1n) is 6.80. The van der Waals surface area contributed by atoms with E-state index in [9.17, 15) is 22.8 Å². The summed E-state index contributed by atoms with van der Waals surface area (Å²) in [6.07, 6.45) is -2.08. The third-order valence-electron chi connectivity index (χ3n) is 2.88. The molecule has 1 N–H and O–H groups in total. The highest BCUT2D eigenvalue weighted by atomic mass is 35.5. The molecule has 0 saturated heterocycles. The number of hydrogen-bond donors (Lipinski definition) is 1. The normalized spacial score (nSPS) is 11.5. The standard InChI is InChI=1S/C16H11ClF3NO3S/c17-12-3-1-2-11(16(18,19)20)15(12)21-13(22)8-24-14(23)5-4-10-6-7-25-9-10/h1-7,9H,8H2,(H,21,22)/b5-4+. The summed E-state index contributed by atoms with van der Waals surface area (Å²) in [6, 6.07) is 4.90. The molecule has 0 bridgehead atoms. The zero-order chi connectivity index (χ0) is 18.4.